The second kappa shape index (κ2) is 7.31. The van der Waals surface area contributed by atoms with E-state index in [0.717, 1.165) is 43.9 Å². The molecule has 0 aliphatic carbocycles. The summed E-state index contributed by atoms with van der Waals surface area (Å²) in [6, 6.07) is 11.6. The molecule has 0 saturated carbocycles. The zero-order chi connectivity index (χ0) is 17.9. The van der Waals surface area contributed by atoms with Gasteiger partial charge in [-0.25, -0.2) is 4.79 Å². The minimum absolute atomic E-state index is 0.0712. The van der Waals surface area contributed by atoms with Crippen LogP contribution in [0, 0.1) is 0 Å². The van der Waals surface area contributed by atoms with Gasteiger partial charge in [0.25, 0.3) is 0 Å². The van der Waals surface area contributed by atoms with E-state index in [9.17, 15) is 9.90 Å². The van der Waals surface area contributed by atoms with Gasteiger partial charge in [0.2, 0.25) is 0 Å². The van der Waals surface area contributed by atoms with Crippen LogP contribution in [0.4, 0.5) is 0 Å². The number of aliphatic hydroxyl groups excluding tert-OH is 1. The van der Waals surface area contributed by atoms with E-state index in [1.807, 2.05) is 41.1 Å². The van der Waals surface area contributed by atoms with Crippen molar-refractivity contribution in [1.29, 1.82) is 0 Å². The van der Waals surface area contributed by atoms with Gasteiger partial charge in [0.15, 0.2) is 0 Å². The molecule has 0 radical (unpaired) electrons. The average Bonchev–Trinajstić information content (AvgIpc) is 3.21. The molecule has 0 bridgehead atoms. The summed E-state index contributed by atoms with van der Waals surface area (Å²) in [5.41, 5.74) is 2.58. The number of fused-ring (bicyclic) bond motifs is 1. The van der Waals surface area contributed by atoms with Crippen molar-refractivity contribution in [2.75, 3.05) is 13.1 Å². The Morgan fingerprint density at radius 3 is 2.81 bits per heavy atom. The van der Waals surface area contributed by atoms with Crippen LogP contribution in [0.15, 0.2) is 53.6 Å². The molecule has 1 aromatic carbocycles. The number of nitrogens with one attached hydrogen (secondary N) is 1. The lowest BCUT2D eigenvalue weighted by Gasteiger charge is -2.19. The normalized spacial score (nSPS) is 16.2. The molecule has 0 amide bonds. The molecule has 2 aromatic heterocycles. The summed E-state index contributed by atoms with van der Waals surface area (Å²) in [5.74, 6) is 0. The predicted molar refractivity (Wildman–Crippen MR) is 97.7 cm³/mol. The Bertz CT molecular complexity index is 911. The Kier molecular flexibility index (Phi) is 4.73. The second-order valence-corrected chi connectivity index (χ2v) is 6.69. The van der Waals surface area contributed by atoms with Gasteiger partial charge >= 0.3 is 5.69 Å². The number of aryl methyl sites for hydroxylation is 1. The second-order valence-electron chi connectivity index (χ2n) is 6.69. The summed E-state index contributed by atoms with van der Waals surface area (Å²) in [4.78, 5) is 16.6. The summed E-state index contributed by atoms with van der Waals surface area (Å²) in [7, 11) is 0. The molecule has 7 nitrogen and oxygen atoms in total. The Labute approximate surface area is 151 Å². The van der Waals surface area contributed by atoms with Crippen molar-refractivity contribution in [3.05, 3.63) is 76.2 Å². The molecule has 7 heteroatoms. The highest BCUT2D eigenvalue weighted by molar-refractivity contribution is 5.26. The number of imidazole rings is 1. The minimum Gasteiger partial charge on any atom is -0.382 e. The molecular weight excluding hydrogens is 330 g/mol. The number of nitrogens with zero attached hydrogens (tertiary/aromatic N) is 4. The lowest BCUT2D eigenvalue weighted by atomic mass is 10.1. The van der Waals surface area contributed by atoms with E-state index >= 15 is 0 Å². The number of benzene rings is 1. The van der Waals surface area contributed by atoms with Crippen LogP contribution in [0.3, 0.4) is 0 Å². The highest BCUT2D eigenvalue weighted by atomic mass is 16.3. The zero-order valence-corrected chi connectivity index (χ0v) is 14.6. The fourth-order valence-corrected chi connectivity index (χ4v) is 3.46. The third kappa shape index (κ3) is 3.49. The zero-order valence-electron chi connectivity index (χ0n) is 14.6. The molecule has 1 atom stereocenters. The van der Waals surface area contributed by atoms with Gasteiger partial charge in [-0.1, -0.05) is 30.3 Å². The number of aliphatic hydroxyl groups is 1. The largest absolute Gasteiger partial charge is 0.382 e. The maximum Gasteiger partial charge on any atom is 0.325 e. The van der Waals surface area contributed by atoms with Crippen molar-refractivity contribution in [2.45, 2.75) is 32.2 Å². The molecule has 0 unspecified atom stereocenters. The quantitative estimate of drug-likeness (QED) is 0.726. The first-order chi connectivity index (χ1) is 12.7. The molecule has 2 N–H and O–H groups in total. The van der Waals surface area contributed by atoms with Crippen molar-refractivity contribution in [1.82, 2.24) is 24.2 Å². The summed E-state index contributed by atoms with van der Waals surface area (Å²) >= 11 is 0. The molecule has 136 valence electrons. The molecular formula is C19H23N5O2. The summed E-state index contributed by atoms with van der Waals surface area (Å²) in [6.07, 6.45) is 3.73. The summed E-state index contributed by atoms with van der Waals surface area (Å²) in [6.45, 7) is 4.06. The topological polar surface area (TPSA) is 79.1 Å². The molecule has 3 aromatic rings. The van der Waals surface area contributed by atoms with Crippen LogP contribution in [-0.4, -0.2) is 42.4 Å². The Hall–Kier alpha value is -2.64. The van der Waals surface area contributed by atoms with Crippen LogP contribution in [0.25, 0.3) is 0 Å². The van der Waals surface area contributed by atoms with Crippen molar-refractivity contribution < 1.29 is 5.11 Å². The average molecular weight is 353 g/mol. The van der Waals surface area contributed by atoms with Crippen LogP contribution in [-0.2, 0) is 19.6 Å². The van der Waals surface area contributed by atoms with Crippen molar-refractivity contribution >= 4 is 0 Å². The molecule has 0 spiro atoms. The van der Waals surface area contributed by atoms with E-state index in [1.54, 1.807) is 17.0 Å². The monoisotopic (exact) mass is 353 g/mol. The molecule has 0 fully saturated rings. The van der Waals surface area contributed by atoms with Gasteiger partial charge in [0, 0.05) is 45.1 Å². The first-order valence-electron chi connectivity index (χ1n) is 8.96. The third-order valence-corrected chi connectivity index (χ3v) is 4.89. The van der Waals surface area contributed by atoms with Gasteiger partial charge in [-0.2, -0.15) is 5.10 Å². The van der Waals surface area contributed by atoms with E-state index in [0.29, 0.717) is 12.2 Å². The van der Waals surface area contributed by atoms with E-state index in [-0.39, 0.29) is 5.69 Å². The van der Waals surface area contributed by atoms with Gasteiger partial charge in [0.1, 0.15) is 6.10 Å². The van der Waals surface area contributed by atoms with Gasteiger partial charge in [-0.3, -0.25) is 14.1 Å². The van der Waals surface area contributed by atoms with Gasteiger partial charge in [-0.05, 0) is 18.1 Å². The van der Waals surface area contributed by atoms with E-state index < -0.39 is 6.10 Å². The van der Waals surface area contributed by atoms with E-state index in [2.05, 4.69) is 15.0 Å². The molecule has 4 rings (SSSR count). The number of rotatable bonds is 5. The maximum atomic E-state index is 11.6. The molecule has 3 heterocycles. The Morgan fingerprint density at radius 2 is 2.04 bits per heavy atom. The number of hydrogen-bond donors (Lipinski definition) is 2. The van der Waals surface area contributed by atoms with Crippen LogP contribution in [0.1, 0.15) is 29.5 Å². The van der Waals surface area contributed by atoms with E-state index in [1.165, 1.54) is 0 Å². The number of hydrogen-bond acceptors (Lipinski definition) is 4. The molecule has 0 saturated heterocycles. The van der Waals surface area contributed by atoms with Crippen LogP contribution in [0.5, 0.6) is 0 Å². The summed E-state index contributed by atoms with van der Waals surface area (Å²) < 4.78 is 3.69. The highest BCUT2D eigenvalue weighted by Crippen LogP contribution is 2.23. The predicted octanol–water partition coefficient (Wildman–Crippen LogP) is 1.36. The third-order valence-electron chi connectivity index (χ3n) is 4.89. The van der Waals surface area contributed by atoms with Crippen LogP contribution < -0.4 is 5.69 Å². The number of aromatic nitrogens is 4. The van der Waals surface area contributed by atoms with Crippen molar-refractivity contribution in [3.8, 4) is 0 Å². The van der Waals surface area contributed by atoms with Crippen molar-refractivity contribution in [2.24, 2.45) is 0 Å². The first kappa shape index (κ1) is 16.8. The molecule has 1 aliphatic rings. The summed E-state index contributed by atoms with van der Waals surface area (Å²) in [5, 5.41) is 15.2. The number of H-pyrrole nitrogens is 1. The maximum absolute atomic E-state index is 11.6. The Balaban J connectivity index is 1.47. The standard InChI is InChI=1S/C19H23N5O2/c25-18(15-5-2-1-3-6-15)17-13-16-14-22(8-4-9-24(16)21-17)11-12-23-10-7-20-19(23)26/h1-3,5-7,10,13,18,25H,4,8-9,11-12,14H2,(H,20,26)/t18-/m0/s1. The lowest BCUT2D eigenvalue weighted by molar-refractivity contribution is 0.213. The molecule has 1 aliphatic heterocycles. The van der Waals surface area contributed by atoms with Gasteiger partial charge in [0.05, 0.1) is 11.4 Å². The highest BCUT2D eigenvalue weighted by Gasteiger charge is 2.20. The lowest BCUT2D eigenvalue weighted by Crippen LogP contribution is -2.30. The van der Waals surface area contributed by atoms with E-state index in [4.69, 9.17) is 0 Å². The smallest absolute Gasteiger partial charge is 0.325 e. The van der Waals surface area contributed by atoms with Crippen LogP contribution in [0.2, 0.25) is 0 Å². The fourth-order valence-electron chi connectivity index (χ4n) is 3.46. The molecule has 26 heavy (non-hydrogen) atoms. The number of aromatic amines is 1. The fraction of sp³-hybridized carbons (Fsp3) is 0.368. The van der Waals surface area contributed by atoms with Gasteiger partial charge in [-0.15, -0.1) is 0 Å². The van der Waals surface area contributed by atoms with Gasteiger partial charge < -0.3 is 10.1 Å². The minimum atomic E-state index is -0.706. The Morgan fingerprint density at radius 1 is 1.19 bits per heavy atom. The van der Waals surface area contributed by atoms with Crippen molar-refractivity contribution in [3.63, 3.8) is 0 Å². The van der Waals surface area contributed by atoms with Crippen LogP contribution >= 0.6 is 0 Å². The SMILES string of the molecule is O=c1[nH]ccn1CCN1CCCn2nc([C@@H](O)c3ccccc3)cc2C1. The first-order valence-corrected chi connectivity index (χ1v) is 8.96.